The molecule has 8 nitrogen and oxygen atoms in total. The molecule has 1 aliphatic heterocycles. The van der Waals surface area contributed by atoms with E-state index in [1.807, 2.05) is 6.20 Å². The second-order valence-electron chi connectivity index (χ2n) is 6.81. The van der Waals surface area contributed by atoms with E-state index in [1.165, 1.54) is 34.8 Å². The Kier molecular flexibility index (Phi) is 3.14. The van der Waals surface area contributed by atoms with Crippen LogP contribution in [0.15, 0.2) is 24.7 Å². The number of pyridine rings is 1. The van der Waals surface area contributed by atoms with Crippen molar-refractivity contribution < 1.29 is 14.6 Å². The van der Waals surface area contributed by atoms with Crippen LogP contribution in [0.2, 0.25) is 0 Å². The maximum atomic E-state index is 10.9. The molecule has 4 heterocycles. The predicted octanol–water partition coefficient (Wildman–Crippen LogP) is 1.66. The van der Waals surface area contributed by atoms with E-state index in [-0.39, 0.29) is 5.69 Å². The minimum absolute atomic E-state index is 0.0629. The van der Waals surface area contributed by atoms with Gasteiger partial charge in [-0.2, -0.15) is 0 Å². The molecule has 0 bridgehead atoms. The van der Waals surface area contributed by atoms with Gasteiger partial charge in [-0.3, -0.25) is 0 Å². The summed E-state index contributed by atoms with van der Waals surface area (Å²) in [6.45, 7) is 1.88. The molecule has 8 heteroatoms. The quantitative estimate of drug-likeness (QED) is 0.760. The van der Waals surface area contributed by atoms with Gasteiger partial charge in [0.25, 0.3) is 0 Å². The summed E-state index contributed by atoms with van der Waals surface area (Å²) < 4.78 is 8.95. The Bertz CT molecular complexity index is 968. The lowest BCUT2D eigenvalue weighted by Crippen LogP contribution is -2.25. The molecule has 1 aliphatic carbocycles. The van der Waals surface area contributed by atoms with Crippen LogP contribution in [0.1, 0.15) is 52.0 Å². The topological polar surface area (TPSA) is 94.5 Å². The monoisotopic (exact) mass is 339 g/mol. The third kappa shape index (κ3) is 2.58. The van der Waals surface area contributed by atoms with Crippen LogP contribution in [0.5, 0.6) is 0 Å². The molecule has 1 N–H and O–H groups in total. The second kappa shape index (κ2) is 5.38. The van der Waals surface area contributed by atoms with Crippen molar-refractivity contribution in [2.45, 2.75) is 31.2 Å². The molecule has 25 heavy (non-hydrogen) atoms. The van der Waals surface area contributed by atoms with E-state index in [0.29, 0.717) is 18.4 Å². The van der Waals surface area contributed by atoms with E-state index >= 15 is 0 Å². The Morgan fingerprint density at radius 3 is 2.72 bits per heavy atom. The zero-order valence-electron chi connectivity index (χ0n) is 13.5. The number of hydrogen-bond donors (Lipinski definition) is 1. The van der Waals surface area contributed by atoms with Gasteiger partial charge in [0.1, 0.15) is 5.65 Å². The van der Waals surface area contributed by atoms with Gasteiger partial charge in [0.15, 0.2) is 5.69 Å². The highest BCUT2D eigenvalue weighted by molar-refractivity contribution is 5.84. The fraction of sp³-hybridized carbons (Fsp3) is 0.412. The summed E-state index contributed by atoms with van der Waals surface area (Å²) in [5.41, 5.74) is 4.33. The van der Waals surface area contributed by atoms with Gasteiger partial charge in [-0.15, -0.1) is 5.10 Å². The molecule has 1 saturated carbocycles. The minimum atomic E-state index is -1.08. The summed E-state index contributed by atoms with van der Waals surface area (Å²) in [5, 5.41) is 16.5. The van der Waals surface area contributed by atoms with Gasteiger partial charge in [0, 0.05) is 23.9 Å². The molecule has 2 fully saturated rings. The molecule has 0 unspecified atom stereocenters. The van der Waals surface area contributed by atoms with Crippen LogP contribution in [-0.2, 0) is 11.3 Å². The molecule has 2 aliphatic rings. The predicted molar refractivity (Wildman–Crippen MR) is 86.8 cm³/mol. The largest absolute Gasteiger partial charge is 0.476 e. The average Bonchev–Trinajstić information content (AvgIpc) is 3.14. The zero-order chi connectivity index (χ0) is 17.0. The average molecular weight is 339 g/mol. The van der Waals surface area contributed by atoms with Crippen LogP contribution in [0.4, 0.5) is 0 Å². The molecule has 1 saturated heterocycles. The summed E-state index contributed by atoms with van der Waals surface area (Å²) >= 11 is 0. The highest BCUT2D eigenvalue weighted by atomic mass is 16.5. The molecule has 0 amide bonds. The van der Waals surface area contributed by atoms with Crippen LogP contribution in [-0.4, -0.2) is 48.7 Å². The fourth-order valence-electron chi connectivity index (χ4n) is 3.27. The summed E-state index contributed by atoms with van der Waals surface area (Å²) in [4.78, 5) is 15.7. The first-order chi connectivity index (χ1) is 12.2. The number of rotatable bonds is 5. The summed E-state index contributed by atoms with van der Waals surface area (Å²) in [7, 11) is 0. The fourth-order valence-corrected chi connectivity index (χ4v) is 3.27. The first kappa shape index (κ1) is 14.6. The number of carboxylic acid groups (broad SMARTS) is 1. The molecule has 3 aromatic heterocycles. The van der Waals surface area contributed by atoms with Gasteiger partial charge in [0.05, 0.1) is 31.6 Å². The van der Waals surface area contributed by atoms with Gasteiger partial charge in [0.2, 0.25) is 0 Å². The number of carboxylic acids is 1. The maximum Gasteiger partial charge on any atom is 0.358 e. The molecular formula is C17H17N5O3. The van der Waals surface area contributed by atoms with Crippen molar-refractivity contribution >= 4 is 11.6 Å². The molecule has 0 aromatic carbocycles. The second-order valence-corrected chi connectivity index (χ2v) is 6.81. The van der Waals surface area contributed by atoms with E-state index in [9.17, 15) is 4.79 Å². The number of carbonyl (C=O) groups is 1. The summed E-state index contributed by atoms with van der Waals surface area (Å²) in [6.07, 6.45) is 8.08. The first-order valence-corrected chi connectivity index (χ1v) is 8.40. The zero-order valence-corrected chi connectivity index (χ0v) is 13.5. The van der Waals surface area contributed by atoms with Gasteiger partial charge in [-0.05, 0) is 30.4 Å². The standard InChI is InChI=1S/C17H17N5O3/c23-17(24)15-7-22(20-19-15)6-13-5-21-4-11(10-1-2-10)3-14(16(21)18-13)12-8-25-9-12/h3-5,7,10,12H,1-2,6,8-9H2,(H,23,24). The van der Waals surface area contributed by atoms with E-state index < -0.39 is 5.97 Å². The van der Waals surface area contributed by atoms with Crippen molar-refractivity contribution in [3.05, 3.63) is 47.2 Å². The first-order valence-electron chi connectivity index (χ1n) is 8.40. The summed E-state index contributed by atoms with van der Waals surface area (Å²) in [5.74, 6) is -0.00698. The lowest BCUT2D eigenvalue weighted by atomic mass is 9.96. The highest BCUT2D eigenvalue weighted by Crippen LogP contribution is 2.41. The number of imidazole rings is 1. The van der Waals surface area contributed by atoms with Gasteiger partial charge < -0.3 is 14.2 Å². The van der Waals surface area contributed by atoms with Crippen LogP contribution in [0.25, 0.3) is 5.65 Å². The van der Waals surface area contributed by atoms with Crippen LogP contribution in [0.3, 0.4) is 0 Å². The van der Waals surface area contributed by atoms with Crippen LogP contribution < -0.4 is 0 Å². The van der Waals surface area contributed by atoms with E-state index in [4.69, 9.17) is 14.8 Å². The number of aromatic nitrogens is 5. The Morgan fingerprint density at radius 1 is 1.24 bits per heavy atom. The molecule has 3 aromatic rings. The van der Waals surface area contributed by atoms with Gasteiger partial charge >= 0.3 is 5.97 Å². The van der Waals surface area contributed by atoms with Gasteiger partial charge in [-0.25, -0.2) is 14.5 Å². The minimum Gasteiger partial charge on any atom is -0.476 e. The van der Waals surface area contributed by atoms with Gasteiger partial charge in [-0.1, -0.05) is 5.21 Å². The number of nitrogens with zero attached hydrogens (tertiary/aromatic N) is 5. The Morgan fingerprint density at radius 2 is 2.08 bits per heavy atom. The lowest BCUT2D eigenvalue weighted by molar-refractivity contribution is 0.00877. The number of ether oxygens (including phenoxy) is 1. The molecular weight excluding hydrogens is 322 g/mol. The lowest BCUT2D eigenvalue weighted by Gasteiger charge is -2.27. The molecule has 0 spiro atoms. The van der Waals surface area contributed by atoms with Crippen LogP contribution in [0, 0.1) is 0 Å². The molecule has 0 radical (unpaired) electrons. The van der Waals surface area contributed by atoms with E-state index in [1.54, 1.807) is 0 Å². The smallest absolute Gasteiger partial charge is 0.358 e. The van der Waals surface area contributed by atoms with Crippen molar-refractivity contribution in [1.82, 2.24) is 24.4 Å². The summed E-state index contributed by atoms with van der Waals surface area (Å²) in [6, 6.07) is 2.29. The van der Waals surface area contributed by atoms with Crippen molar-refractivity contribution in [1.29, 1.82) is 0 Å². The molecule has 5 rings (SSSR count). The van der Waals surface area contributed by atoms with Crippen molar-refractivity contribution in [3.8, 4) is 0 Å². The Labute approximate surface area is 143 Å². The third-order valence-corrected chi connectivity index (χ3v) is 4.86. The Balaban J connectivity index is 1.52. The van der Waals surface area contributed by atoms with Crippen molar-refractivity contribution in [2.75, 3.05) is 13.2 Å². The number of aromatic carboxylic acids is 1. The number of hydrogen-bond acceptors (Lipinski definition) is 5. The number of fused-ring (bicyclic) bond motifs is 1. The van der Waals surface area contributed by atoms with Crippen molar-refractivity contribution in [2.24, 2.45) is 0 Å². The van der Waals surface area contributed by atoms with E-state index in [0.717, 1.165) is 24.6 Å². The SMILES string of the molecule is O=C(O)c1cn(Cc2cn3cc(C4CC4)cc(C4COC4)c3n2)nn1. The normalized spacial score (nSPS) is 17.8. The highest BCUT2D eigenvalue weighted by Gasteiger charge is 2.29. The molecule has 128 valence electrons. The van der Waals surface area contributed by atoms with Crippen LogP contribution >= 0.6 is 0 Å². The molecule has 0 atom stereocenters. The van der Waals surface area contributed by atoms with Crippen molar-refractivity contribution in [3.63, 3.8) is 0 Å². The Hall–Kier alpha value is -2.74. The third-order valence-electron chi connectivity index (χ3n) is 4.86. The van der Waals surface area contributed by atoms with E-state index in [2.05, 4.69) is 27.0 Å². The maximum absolute atomic E-state index is 10.9.